The molecule has 1 rings (SSSR count). The van der Waals surface area contributed by atoms with E-state index in [1.54, 1.807) is 0 Å². The van der Waals surface area contributed by atoms with Gasteiger partial charge in [0.1, 0.15) is 5.84 Å². The fraction of sp³-hybridized carbons (Fsp3) is 0.909. The van der Waals surface area contributed by atoms with Gasteiger partial charge in [-0.3, -0.25) is 0 Å². The topological polar surface area (TPSA) is 70.6 Å². The van der Waals surface area contributed by atoms with Crippen LogP contribution >= 0.6 is 0 Å². The predicted octanol–water partition coefficient (Wildman–Crippen LogP) is 1.68. The predicted molar refractivity (Wildman–Crippen MR) is 62.0 cm³/mol. The third kappa shape index (κ3) is 5.02. The van der Waals surface area contributed by atoms with E-state index in [1.165, 1.54) is 19.3 Å². The molecule has 1 aliphatic carbocycles. The minimum atomic E-state index is 0.282. The zero-order valence-corrected chi connectivity index (χ0v) is 9.74. The third-order valence-electron chi connectivity index (χ3n) is 2.97. The standard InChI is InChI=1S/C11H23N3O/c1-3-10(7-9-4-5-9)13-8(2)6-11(12)14-15/h8-10,13,15H,3-7H2,1-2H3,(H2,12,14). The first kappa shape index (κ1) is 12.3. The first-order chi connectivity index (χ1) is 7.15. The van der Waals surface area contributed by atoms with E-state index in [4.69, 9.17) is 10.9 Å². The van der Waals surface area contributed by atoms with E-state index in [2.05, 4.69) is 24.3 Å². The van der Waals surface area contributed by atoms with Gasteiger partial charge in [-0.25, -0.2) is 0 Å². The van der Waals surface area contributed by atoms with E-state index in [0.717, 1.165) is 12.3 Å². The van der Waals surface area contributed by atoms with Crippen molar-refractivity contribution in [3.8, 4) is 0 Å². The van der Waals surface area contributed by atoms with Crippen LogP contribution in [0.15, 0.2) is 5.16 Å². The third-order valence-corrected chi connectivity index (χ3v) is 2.97. The quantitative estimate of drug-likeness (QED) is 0.261. The van der Waals surface area contributed by atoms with E-state index in [9.17, 15) is 0 Å². The Hall–Kier alpha value is -0.770. The van der Waals surface area contributed by atoms with Crippen molar-refractivity contribution in [1.29, 1.82) is 0 Å². The Labute approximate surface area is 91.9 Å². The Balaban J connectivity index is 2.23. The van der Waals surface area contributed by atoms with E-state index < -0.39 is 0 Å². The van der Waals surface area contributed by atoms with Crippen LogP contribution in [0.4, 0.5) is 0 Å². The van der Waals surface area contributed by atoms with Crippen molar-refractivity contribution >= 4 is 5.84 Å². The molecule has 2 unspecified atom stereocenters. The molecular weight excluding hydrogens is 190 g/mol. The summed E-state index contributed by atoms with van der Waals surface area (Å²) in [5.41, 5.74) is 5.46. The zero-order chi connectivity index (χ0) is 11.3. The summed E-state index contributed by atoms with van der Waals surface area (Å²) >= 11 is 0. The highest BCUT2D eigenvalue weighted by molar-refractivity contribution is 5.80. The molecule has 0 aliphatic heterocycles. The van der Waals surface area contributed by atoms with Crippen LogP contribution in [0.3, 0.4) is 0 Å². The maximum Gasteiger partial charge on any atom is 0.140 e. The van der Waals surface area contributed by atoms with Crippen LogP contribution in [0, 0.1) is 5.92 Å². The molecule has 0 spiro atoms. The maximum atomic E-state index is 8.47. The molecule has 88 valence electrons. The minimum absolute atomic E-state index is 0.282. The number of hydrogen-bond acceptors (Lipinski definition) is 3. The highest BCUT2D eigenvalue weighted by atomic mass is 16.4. The summed E-state index contributed by atoms with van der Waals surface area (Å²) in [6.45, 7) is 4.28. The van der Waals surface area contributed by atoms with Gasteiger partial charge in [-0.15, -0.1) is 0 Å². The largest absolute Gasteiger partial charge is 0.409 e. The normalized spacial score (nSPS) is 21.3. The summed E-state index contributed by atoms with van der Waals surface area (Å²) in [4.78, 5) is 0. The van der Waals surface area contributed by atoms with Crippen LogP contribution in [-0.2, 0) is 0 Å². The van der Waals surface area contributed by atoms with Crippen molar-refractivity contribution in [3.63, 3.8) is 0 Å². The average molecular weight is 213 g/mol. The van der Waals surface area contributed by atoms with Gasteiger partial charge in [0.05, 0.1) is 0 Å². The second-order valence-electron chi connectivity index (χ2n) is 4.65. The summed E-state index contributed by atoms with van der Waals surface area (Å²) in [6, 6.07) is 0.864. The Kier molecular flexibility index (Phi) is 4.88. The minimum Gasteiger partial charge on any atom is -0.409 e. The lowest BCUT2D eigenvalue weighted by molar-refractivity contribution is 0.314. The van der Waals surface area contributed by atoms with Crippen molar-refractivity contribution in [3.05, 3.63) is 0 Å². The van der Waals surface area contributed by atoms with Crippen LogP contribution in [0.1, 0.15) is 46.0 Å². The van der Waals surface area contributed by atoms with Crippen LogP contribution in [0.2, 0.25) is 0 Å². The SMILES string of the molecule is CCC(CC1CC1)NC(C)CC(N)=NO. The number of nitrogens with one attached hydrogen (secondary N) is 1. The number of nitrogens with two attached hydrogens (primary N) is 1. The number of rotatable bonds is 7. The van der Waals surface area contributed by atoms with Gasteiger partial charge in [0.2, 0.25) is 0 Å². The maximum absolute atomic E-state index is 8.47. The van der Waals surface area contributed by atoms with Gasteiger partial charge in [-0.2, -0.15) is 0 Å². The lowest BCUT2D eigenvalue weighted by Gasteiger charge is -2.21. The highest BCUT2D eigenvalue weighted by Crippen LogP contribution is 2.34. The fourth-order valence-electron chi connectivity index (χ4n) is 1.92. The molecule has 1 fully saturated rings. The molecule has 1 aliphatic rings. The second kappa shape index (κ2) is 5.95. The Morgan fingerprint density at radius 1 is 1.60 bits per heavy atom. The highest BCUT2D eigenvalue weighted by Gasteiger charge is 2.25. The van der Waals surface area contributed by atoms with Gasteiger partial charge < -0.3 is 16.3 Å². The van der Waals surface area contributed by atoms with E-state index in [1.807, 2.05) is 0 Å². The van der Waals surface area contributed by atoms with Gasteiger partial charge in [-0.05, 0) is 25.7 Å². The molecule has 15 heavy (non-hydrogen) atoms. The average Bonchev–Trinajstić information content (AvgIpc) is 3.00. The smallest absolute Gasteiger partial charge is 0.140 e. The first-order valence-corrected chi connectivity index (χ1v) is 5.88. The number of nitrogens with zero attached hydrogens (tertiary/aromatic N) is 1. The molecule has 2 atom stereocenters. The van der Waals surface area contributed by atoms with Crippen molar-refractivity contribution in [2.24, 2.45) is 16.8 Å². The summed E-state index contributed by atoms with van der Waals surface area (Å²) < 4.78 is 0. The van der Waals surface area contributed by atoms with Gasteiger partial charge in [0.25, 0.3) is 0 Å². The summed E-state index contributed by atoms with van der Waals surface area (Å²) in [6.07, 6.45) is 5.82. The lowest BCUT2D eigenvalue weighted by atomic mass is 10.1. The van der Waals surface area contributed by atoms with Crippen molar-refractivity contribution < 1.29 is 5.21 Å². The molecular formula is C11H23N3O. The summed E-state index contributed by atoms with van der Waals surface area (Å²) in [5, 5.41) is 15.0. The van der Waals surface area contributed by atoms with Crippen LogP contribution < -0.4 is 11.1 Å². The van der Waals surface area contributed by atoms with Crippen LogP contribution in [0.25, 0.3) is 0 Å². The van der Waals surface area contributed by atoms with Crippen molar-refractivity contribution in [1.82, 2.24) is 5.32 Å². The molecule has 1 saturated carbocycles. The van der Waals surface area contributed by atoms with Crippen LogP contribution in [0.5, 0.6) is 0 Å². The monoisotopic (exact) mass is 213 g/mol. The molecule has 0 aromatic rings. The molecule has 0 aromatic carbocycles. The van der Waals surface area contributed by atoms with E-state index >= 15 is 0 Å². The molecule has 0 saturated heterocycles. The fourth-order valence-corrected chi connectivity index (χ4v) is 1.92. The Bertz CT molecular complexity index is 214. The molecule has 0 radical (unpaired) electrons. The van der Waals surface area contributed by atoms with E-state index in [-0.39, 0.29) is 6.04 Å². The Morgan fingerprint density at radius 2 is 2.27 bits per heavy atom. The molecule has 0 aromatic heterocycles. The van der Waals surface area contributed by atoms with Gasteiger partial charge in [0, 0.05) is 18.5 Å². The summed E-state index contributed by atoms with van der Waals surface area (Å²) in [5.74, 6) is 1.25. The Morgan fingerprint density at radius 3 is 2.73 bits per heavy atom. The van der Waals surface area contributed by atoms with Crippen LogP contribution in [-0.4, -0.2) is 23.1 Å². The van der Waals surface area contributed by atoms with Crippen molar-refractivity contribution in [2.75, 3.05) is 0 Å². The number of hydrogen-bond donors (Lipinski definition) is 3. The first-order valence-electron chi connectivity index (χ1n) is 5.88. The molecule has 4 N–H and O–H groups in total. The zero-order valence-electron chi connectivity index (χ0n) is 9.74. The lowest BCUT2D eigenvalue weighted by Crippen LogP contribution is -2.38. The number of amidine groups is 1. The molecule has 0 bridgehead atoms. The molecule has 0 heterocycles. The van der Waals surface area contributed by atoms with Crippen molar-refractivity contribution in [2.45, 2.75) is 58.0 Å². The van der Waals surface area contributed by atoms with Gasteiger partial charge >= 0.3 is 0 Å². The number of oxime groups is 1. The van der Waals surface area contributed by atoms with E-state index in [0.29, 0.717) is 18.3 Å². The van der Waals surface area contributed by atoms with Gasteiger partial charge in [-0.1, -0.05) is 24.9 Å². The molecule has 0 amide bonds. The van der Waals surface area contributed by atoms with Gasteiger partial charge in [0.15, 0.2) is 0 Å². The molecule has 4 nitrogen and oxygen atoms in total. The molecule has 4 heteroatoms. The second-order valence-corrected chi connectivity index (χ2v) is 4.65. The summed E-state index contributed by atoms with van der Waals surface area (Å²) in [7, 11) is 0.